The molecular formula is C23H23F3N4O. The summed E-state index contributed by atoms with van der Waals surface area (Å²) >= 11 is 0. The fourth-order valence-electron chi connectivity index (χ4n) is 4.14. The van der Waals surface area contributed by atoms with E-state index < -0.39 is 11.7 Å². The molecular weight excluding hydrogens is 405 g/mol. The second kappa shape index (κ2) is 8.91. The van der Waals surface area contributed by atoms with Gasteiger partial charge in [0, 0.05) is 37.4 Å². The molecule has 1 aliphatic rings. The molecule has 0 spiro atoms. The first kappa shape index (κ1) is 21.1. The Morgan fingerprint density at radius 3 is 2.74 bits per heavy atom. The molecule has 0 radical (unpaired) electrons. The molecule has 0 bridgehead atoms. The lowest BCUT2D eigenvalue weighted by molar-refractivity contribution is -0.137. The van der Waals surface area contributed by atoms with Gasteiger partial charge in [-0.2, -0.15) is 13.2 Å². The van der Waals surface area contributed by atoms with Gasteiger partial charge in [-0.3, -0.25) is 9.78 Å². The van der Waals surface area contributed by atoms with Crippen molar-refractivity contribution >= 4 is 28.8 Å². The summed E-state index contributed by atoms with van der Waals surface area (Å²) in [5.74, 6) is 0.887. The van der Waals surface area contributed by atoms with Crippen LogP contribution < -0.4 is 9.80 Å². The maximum atomic E-state index is 12.8. The minimum atomic E-state index is -4.38. The predicted octanol–water partition coefficient (Wildman–Crippen LogP) is 4.92. The Balaban J connectivity index is 1.41. The van der Waals surface area contributed by atoms with Gasteiger partial charge in [0.1, 0.15) is 5.82 Å². The van der Waals surface area contributed by atoms with Gasteiger partial charge in [-0.25, -0.2) is 4.98 Å². The number of hydrogen-bond acceptors (Lipinski definition) is 4. The van der Waals surface area contributed by atoms with Gasteiger partial charge in [0.25, 0.3) is 0 Å². The van der Waals surface area contributed by atoms with E-state index in [1.54, 1.807) is 11.1 Å². The van der Waals surface area contributed by atoms with Gasteiger partial charge in [-0.15, -0.1) is 0 Å². The summed E-state index contributed by atoms with van der Waals surface area (Å²) in [6.45, 7) is 2.04. The van der Waals surface area contributed by atoms with Crippen LogP contribution in [0.3, 0.4) is 0 Å². The first-order valence-corrected chi connectivity index (χ1v) is 10.3. The molecule has 0 saturated carbocycles. The number of piperidine rings is 1. The maximum absolute atomic E-state index is 12.8. The molecule has 1 aromatic carbocycles. The quantitative estimate of drug-likeness (QED) is 0.523. The van der Waals surface area contributed by atoms with Crippen molar-refractivity contribution in [2.45, 2.75) is 25.4 Å². The van der Waals surface area contributed by atoms with Crippen molar-refractivity contribution in [3.8, 4) is 0 Å². The van der Waals surface area contributed by atoms with Crippen LogP contribution in [0.15, 0.2) is 54.9 Å². The molecule has 1 atom stereocenters. The lowest BCUT2D eigenvalue weighted by Gasteiger charge is -2.34. The molecule has 1 saturated heterocycles. The number of nitrogens with zero attached hydrogens (tertiary/aromatic N) is 4. The van der Waals surface area contributed by atoms with Crippen LogP contribution in [0.5, 0.6) is 0 Å². The summed E-state index contributed by atoms with van der Waals surface area (Å²) in [7, 11) is 0. The van der Waals surface area contributed by atoms with E-state index in [0.29, 0.717) is 24.8 Å². The number of pyridine rings is 2. The second-order valence-electron chi connectivity index (χ2n) is 7.79. The molecule has 0 aliphatic carbocycles. The molecule has 1 unspecified atom stereocenters. The third kappa shape index (κ3) is 4.78. The number of rotatable bonds is 6. The summed E-state index contributed by atoms with van der Waals surface area (Å²) in [6, 6.07) is 12.0. The van der Waals surface area contributed by atoms with Crippen molar-refractivity contribution in [3.05, 3.63) is 60.4 Å². The number of benzene rings is 1. The van der Waals surface area contributed by atoms with E-state index in [4.69, 9.17) is 0 Å². The van der Waals surface area contributed by atoms with E-state index in [-0.39, 0.29) is 0 Å². The molecule has 2 aromatic heterocycles. The van der Waals surface area contributed by atoms with Crippen LogP contribution in [0.2, 0.25) is 0 Å². The molecule has 1 fully saturated rings. The van der Waals surface area contributed by atoms with E-state index in [2.05, 4.69) is 9.97 Å². The third-order valence-electron chi connectivity index (χ3n) is 5.76. The summed E-state index contributed by atoms with van der Waals surface area (Å²) in [5.41, 5.74) is 0.928. The number of halogens is 3. The van der Waals surface area contributed by atoms with Crippen molar-refractivity contribution in [2.75, 3.05) is 29.4 Å². The van der Waals surface area contributed by atoms with Gasteiger partial charge >= 0.3 is 6.18 Å². The van der Waals surface area contributed by atoms with E-state index >= 15 is 0 Å². The van der Waals surface area contributed by atoms with E-state index in [1.165, 1.54) is 6.07 Å². The summed E-state index contributed by atoms with van der Waals surface area (Å²) < 4.78 is 38.3. The number of alkyl halides is 3. The van der Waals surface area contributed by atoms with Gasteiger partial charge in [0.15, 0.2) is 0 Å². The molecule has 8 heteroatoms. The lowest BCUT2D eigenvalue weighted by atomic mass is 9.94. The normalized spacial score (nSPS) is 17.0. The lowest BCUT2D eigenvalue weighted by Crippen LogP contribution is -2.37. The predicted molar refractivity (Wildman–Crippen MR) is 114 cm³/mol. The zero-order valence-corrected chi connectivity index (χ0v) is 16.9. The Morgan fingerprint density at radius 2 is 2.00 bits per heavy atom. The SMILES string of the molecule is O=CN(CCC1CCCN(c2ccc(C(F)(F)F)cn2)C1)c1cccc2ncccc12. The van der Waals surface area contributed by atoms with Crippen LogP contribution in [0.4, 0.5) is 24.7 Å². The van der Waals surface area contributed by atoms with Crippen molar-refractivity contribution in [3.63, 3.8) is 0 Å². The standard InChI is InChI=1S/C23H23F3N4O/c24-23(25,26)18-8-9-22(28-14-18)29-12-3-4-17(15-29)10-13-30(16-31)21-7-1-6-20-19(21)5-2-11-27-20/h1-2,5-9,11,14,16-17H,3-4,10,12-13,15H2. The first-order chi connectivity index (χ1) is 15.0. The van der Waals surface area contributed by atoms with Crippen molar-refractivity contribution < 1.29 is 18.0 Å². The molecule has 3 heterocycles. The number of hydrogen-bond donors (Lipinski definition) is 0. The highest BCUT2D eigenvalue weighted by molar-refractivity contribution is 5.96. The Bertz CT molecular complexity index is 1030. The van der Waals surface area contributed by atoms with Crippen molar-refractivity contribution in [2.24, 2.45) is 5.92 Å². The summed E-state index contributed by atoms with van der Waals surface area (Å²) in [6.07, 6.45) is 1.83. The van der Waals surface area contributed by atoms with Crippen LogP contribution in [0.1, 0.15) is 24.8 Å². The number of amides is 1. The number of carbonyl (C=O) groups excluding carboxylic acids is 1. The first-order valence-electron chi connectivity index (χ1n) is 10.3. The number of anilines is 2. The third-order valence-corrected chi connectivity index (χ3v) is 5.76. The van der Waals surface area contributed by atoms with Crippen LogP contribution in [-0.4, -0.2) is 36.0 Å². The highest BCUT2D eigenvalue weighted by Crippen LogP contribution is 2.31. The van der Waals surface area contributed by atoms with Gasteiger partial charge in [0.2, 0.25) is 6.41 Å². The molecule has 5 nitrogen and oxygen atoms in total. The molecule has 1 aliphatic heterocycles. The molecule has 31 heavy (non-hydrogen) atoms. The fourth-order valence-corrected chi connectivity index (χ4v) is 4.14. The minimum absolute atomic E-state index is 0.327. The Labute approximate surface area is 178 Å². The van der Waals surface area contributed by atoms with E-state index in [1.807, 2.05) is 35.2 Å². The van der Waals surface area contributed by atoms with Crippen LogP contribution in [0, 0.1) is 5.92 Å². The molecule has 162 valence electrons. The summed E-state index contributed by atoms with van der Waals surface area (Å²) in [4.78, 5) is 23.9. The number of aromatic nitrogens is 2. The number of fused-ring (bicyclic) bond motifs is 1. The monoisotopic (exact) mass is 428 g/mol. The van der Waals surface area contributed by atoms with Gasteiger partial charge in [0.05, 0.1) is 16.8 Å². The van der Waals surface area contributed by atoms with Gasteiger partial charge in [-0.1, -0.05) is 6.07 Å². The van der Waals surface area contributed by atoms with Crippen molar-refractivity contribution in [1.29, 1.82) is 0 Å². The maximum Gasteiger partial charge on any atom is 0.417 e. The minimum Gasteiger partial charge on any atom is -0.356 e. The zero-order valence-electron chi connectivity index (χ0n) is 16.9. The molecule has 3 aromatic rings. The Hall–Kier alpha value is -3.16. The van der Waals surface area contributed by atoms with Crippen LogP contribution in [-0.2, 0) is 11.0 Å². The highest BCUT2D eigenvalue weighted by atomic mass is 19.4. The molecule has 4 rings (SSSR count). The second-order valence-corrected chi connectivity index (χ2v) is 7.79. The Morgan fingerprint density at radius 1 is 1.13 bits per heavy atom. The number of carbonyl (C=O) groups is 1. The smallest absolute Gasteiger partial charge is 0.356 e. The average Bonchev–Trinajstić information content (AvgIpc) is 2.79. The molecule has 1 amide bonds. The zero-order chi connectivity index (χ0) is 21.8. The average molecular weight is 428 g/mol. The van der Waals surface area contributed by atoms with E-state index in [9.17, 15) is 18.0 Å². The fraction of sp³-hybridized carbons (Fsp3) is 0.348. The van der Waals surface area contributed by atoms with Crippen molar-refractivity contribution in [1.82, 2.24) is 9.97 Å². The van der Waals surface area contributed by atoms with Gasteiger partial charge < -0.3 is 9.80 Å². The largest absolute Gasteiger partial charge is 0.417 e. The van der Waals surface area contributed by atoms with Crippen LogP contribution >= 0.6 is 0 Å². The van der Waals surface area contributed by atoms with Gasteiger partial charge in [-0.05, 0) is 61.6 Å². The highest BCUT2D eigenvalue weighted by Gasteiger charge is 2.31. The Kier molecular flexibility index (Phi) is 6.06. The topological polar surface area (TPSA) is 49.3 Å². The van der Waals surface area contributed by atoms with E-state index in [0.717, 1.165) is 61.1 Å². The van der Waals surface area contributed by atoms with Crippen LogP contribution in [0.25, 0.3) is 10.9 Å². The molecule has 0 N–H and O–H groups in total. The summed E-state index contributed by atoms with van der Waals surface area (Å²) in [5, 5.41) is 0.927.